The van der Waals surface area contributed by atoms with Gasteiger partial charge < -0.3 is 15.0 Å². The predicted molar refractivity (Wildman–Crippen MR) is 96.5 cm³/mol. The van der Waals surface area contributed by atoms with Crippen LogP contribution >= 0.6 is 0 Å². The zero-order chi connectivity index (χ0) is 16.9. The number of aryl methyl sites for hydroxylation is 1. The van der Waals surface area contributed by atoms with Crippen molar-refractivity contribution < 1.29 is 9.53 Å². The van der Waals surface area contributed by atoms with E-state index in [1.54, 1.807) is 7.11 Å². The summed E-state index contributed by atoms with van der Waals surface area (Å²) in [6.07, 6.45) is 2.09. The molecule has 1 N–H and O–H groups in total. The summed E-state index contributed by atoms with van der Waals surface area (Å²) in [4.78, 5) is 14.6. The third kappa shape index (κ3) is 3.70. The third-order valence-corrected chi connectivity index (χ3v) is 4.51. The summed E-state index contributed by atoms with van der Waals surface area (Å²) in [5.74, 6) is 0.924. The Hall–Kier alpha value is -2.49. The van der Waals surface area contributed by atoms with Crippen molar-refractivity contribution in [1.29, 1.82) is 0 Å². The lowest BCUT2D eigenvalue weighted by Crippen LogP contribution is -2.40. The molecule has 2 aromatic carbocycles. The SMILES string of the molecule is COc1ccc2c(c1)CCCN2CC(=O)NC(C)c1ccccc1. The molecule has 1 unspecified atom stereocenters. The minimum Gasteiger partial charge on any atom is -0.497 e. The second kappa shape index (κ2) is 7.39. The highest BCUT2D eigenvalue weighted by atomic mass is 16.5. The number of rotatable bonds is 5. The maximum atomic E-state index is 12.5. The molecule has 24 heavy (non-hydrogen) atoms. The van der Waals surface area contributed by atoms with E-state index in [0.717, 1.165) is 36.4 Å². The van der Waals surface area contributed by atoms with Crippen molar-refractivity contribution in [1.82, 2.24) is 5.32 Å². The first-order valence-corrected chi connectivity index (χ1v) is 8.43. The lowest BCUT2D eigenvalue weighted by Gasteiger charge is -2.31. The molecule has 0 spiro atoms. The number of nitrogens with zero attached hydrogens (tertiary/aromatic N) is 1. The van der Waals surface area contributed by atoms with E-state index in [1.807, 2.05) is 43.3 Å². The molecule has 3 rings (SSSR count). The Morgan fingerprint density at radius 2 is 2.04 bits per heavy atom. The molecule has 0 aromatic heterocycles. The van der Waals surface area contributed by atoms with Crippen LogP contribution in [0.3, 0.4) is 0 Å². The van der Waals surface area contributed by atoms with Gasteiger partial charge in [-0.1, -0.05) is 30.3 Å². The van der Waals surface area contributed by atoms with Gasteiger partial charge in [-0.25, -0.2) is 0 Å². The van der Waals surface area contributed by atoms with Crippen molar-refractivity contribution in [3.8, 4) is 5.75 Å². The van der Waals surface area contributed by atoms with Crippen LogP contribution in [-0.4, -0.2) is 26.1 Å². The number of ether oxygens (including phenoxy) is 1. The summed E-state index contributed by atoms with van der Waals surface area (Å²) < 4.78 is 5.30. The molecule has 1 heterocycles. The molecule has 4 nitrogen and oxygen atoms in total. The number of carbonyl (C=O) groups is 1. The smallest absolute Gasteiger partial charge is 0.239 e. The molecule has 1 aliphatic rings. The van der Waals surface area contributed by atoms with E-state index in [0.29, 0.717) is 6.54 Å². The number of amides is 1. The van der Waals surface area contributed by atoms with Crippen LogP contribution in [0.5, 0.6) is 5.75 Å². The second-order valence-electron chi connectivity index (χ2n) is 6.22. The number of carbonyl (C=O) groups excluding carboxylic acids is 1. The maximum Gasteiger partial charge on any atom is 0.239 e. The Morgan fingerprint density at radius 1 is 1.25 bits per heavy atom. The third-order valence-electron chi connectivity index (χ3n) is 4.51. The van der Waals surface area contributed by atoms with Crippen molar-refractivity contribution in [3.63, 3.8) is 0 Å². The van der Waals surface area contributed by atoms with E-state index in [-0.39, 0.29) is 11.9 Å². The first kappa shape index (κ1) is 16.4. The highest BCUT2D eigenvalue weighted by molar-refractivity contribution is 5.82. The zero-order valence-electron chi connectivity index (χ0n) is 14.3. The van der Waals surface area contributed by atoms with E-state index >= 15 is 0 Å². The summed E-state index contributed by atoms with van der Waals surface area (Å²) in [5, 5.41) is 3.09. The fourth-order valence-corrected chi connectivity index (χ4v) is 3.23. The average molecular weight is 324 g/mol. The van der Waals surface area contributed by atoms with Gasteiger partial charge in [0.1, 0.15) is 5.75 Å². The maximum absolute atomic E-state index is 12.5. The first-order chi connectivity index (χ1) is 11.7. The summed E-state index contributed by atoms with van der Waals surface area (Å²) in [6, 6.07) is 16.1. The van der Waals surface area contributed by atoms with Crippen LogP contribution in [0.2, 0.25) is 0 Å². The average Bonchev–Trinajstić information content (AvgIpc) is 2.62. The van der Waals surface area contributed by atoms with Crippen LogP contribution in [0.15, 0.2) is 48.5 Å². The van der Waals surface area contributed by atoms with Crippen LogP contribution in [0, 0.1) is 0 Å². The topological polar surface area (TPSA) is 41.6 Å². The van der Waals surface area contributed by atoms with Gasteiger partial charge in [-0.15, -0.1) is 0 Å². The molecule has 0 aliphatic carbocycles. The standard InChI is InChI=1S/C20H24N2O2/c1-15(16-7-4-3-5-8-16)21-20(23)14-22-12-6-9-17-13-18(24-2)10-11-19(17)22/h3-5,7-8,10-11,13,15H,6,9,12,14H2,1-2H3,(H,21,23). The Labute approximate surface area is 143 Å². The van der Waals surface area contributed by atoms with Gasteiger partial charge >= 0.3 is 0 Å². The Balaban J connectivity index is 1.65. The van der Waals surface area contributed by atoms with Crippen LogP contribution < -0.4 is 15.0 Å². The number of nitrogens with one attached hydrogen (secondary N) is 1. The fraction of sp³-hybridized carbons (Fsp3) is 0.350. The molecule has 2 aromatic rings. The minimum absolute atomic E-state index is 0.0128. The summed E-state index contributed by atoms with van der Waals surface area (Å²) >= 11 is 0. The van der Waals surface area contributed by atoms with E-state index in [4.69, 9.17) is 4.74 Å². The van der Waals surface area contributed by atoms with Crippen molar-refractivity contribution in [3.05, 3.63) is 59.7 Å². The van der Waals surface area contributed by atoms with Gasteiger partial charge in [0.2, 0.25) is 5.91 Å². The molecule has 0 fully saturated rings. The van der Waals surface area contributed by atoms with Crippen molar-refractivity contribution in [2.45, 2.75) is 25.8 Å². The number of methoxy groups -OCH3 is 1. The lowest BCUT2D eigenvalue weighted by atomic mass is 10.0. The number of fused-ring (bicyclic) bond motifs is 1. The molecule has 0 saturated carbocycles. The van der Waals surface area contributed by atoms with E-state index < -0.39 is 0 Å². The van der Waals surface area contributed by atoms with Gasteiger partial charge in [-0.05, 0) is 49.1 Å². The quantitative estimate of drug-likeness (QED) is 0.917. The molecule has 0 saturated heterocycles. The van der Waals surface area contributed by atoms with Crippen molar-refractivity contribution >= 4 is 11.6 Å². The Kier molecular flexibility index (Phi) is 5.04. The molecular formula is C20H24N2O2. The molecule has 1 atom stereocenters. The van der Waals surface area contributed by atoms with E-state index in [9.17, 15) is 4.79 Å². The summed E-state index contributed by atoms with van der Waals surface area (Å²) in [6.45, 7) is 3.31. The Bertz CT molecular complexity index is 700. The number of hydrogen-bond donors (Lipinski definition) is 1. The van der Waals surface area contributed by atoms with Gasteiger partial charge in [-0.2, -0.15) is 0 Å². The van der Waals surface area contributed by atoms with Crippen LogP contribution in [-0.2, 0) is 11.2 Å². The number of anilines is 1. The number of hydrogen-bond acceptors (Lipinski definition) is 3. The van der Waals surface area contributed by atoms with Crippen molar-refractivity contribution in [2.24, 2.45) is 0 Å². The highest BCUT2D eigenvalue weighted by Gasteiger charge is 2.20. The monoisotopic (exact) mass is 324 g/mol. The largest absolute Gasteiger partial charge is 0.497 e. The van der Waals surface area contributed by atoms with Crippen molar-refractivity contribution in [2.75, 3.05) is 25.1 Å². The summed E-state index contributed by atoms with van der Waals surface area (Å²) in [7, 11) is 1.68. The molecule has 0 radical (unpaired) electrons. The first-order valence-electron chi connectivity index (χ1n) is 8.43. The van der Waals surface area contributed by atoms with Gasteiger partial charge in [0.05, 0.1) is 19.7 Å². The van der Waals surface area contributed by atoms with E-state index in [1.165, 1.54) is 5.56 Å². The second-order valence-corrected chi connectivity index (χ2v) is 6.22. The summed E-state index contributed by atoms with van der Waals surface area (Å²) in [5.41, 5.74) is 3.52. The van der Waals surface area contributed by atoms with Crippen LogP contribution in [0.25, 0.3) is 0 Å². The van der Waals surface area contributed by atoms with Gasteiger partial charge in [0.25, 0.3) is 0 Å². The lowest BCUT2D eigenvalue weighted by molar-refractivity contribution is -0.120. The zero-order valence-corrected chi connectivity index (χ0v) is 14.3. The molecular weight excluding hydrogens is 300 g/mol. The molecule has 126 valence electrons. The highest BCUT2D eigenvalue weighted by Crippen LogP contribution is 2.30. The van der Waals surface area contributed by atoms with Crippen LogP contribution in [0.4, 0.5) is 5.69 Å². The molecule has 1 amide bonds. The molecule has 1 aliphatic heterocycles. The normalized spacial score (nSPS) is 14.7. The predicted octanol–water partition coefficient (Wildman–Crippen LogP) is 3.33. The van der Waals surface area contributed by atoms with E-state index in [2.05, 4.69) is 22.3 Å². The van der Waals surface area contributed by atoms with Gasteiger partial charge in [0, 0.05) is 12.2 Å². The fourth-order valence-electron chi connectivity index (χ4n) is 3.23. The molecule has 4 heteroatoms. The number of benzene rings is 2. The molecule has 0 bridgehead atoms. The van der Waals surface area contributed by atoms with Gasteiger partial charge in [0.15, 0.2) is 0 Å². The Morgan fingerprint density at radius 3 is 2.79 bits per heavy atom. The van der Waals surface area contributed by atoms with Gasteiger partial charge in [-0.3, -0.25) is 4.79 Å². The minimum atomic E-state index is 0.0128. The van der Waals surface area contributed by atoms with Crippen LogP contribution in [0.1, 0.15) is 30.5 Å².